The number of rotatable bonds is 6. The number of benzene rings is 1. The Morgan fingerprint density at radius 1 is 1.22 bits per heavy atom. The van der Waals surface area contributed by atoms with Gasteiger partial charge in [-0.15, -0.1) is 0 Å². The lowest BCUT2D eigenvalue weighted by molar-refractivity contribution is -0.141. The summed E-state index contributed by atoms with van der Waals surface area (Å²) in [5, 5.41) is 2.79. The van der Waals surface area contributed by atoms with Crippen LogP contribution in [0.3, 0.4) is 0 Å². The third-order valence-corrected chi connectivity index (χ3v) is 5.08. The number of carbonyl (C=O) groups excluding carboxylic acids is 2. The number of ether oxygens (including phenoxy) is 3. The molecule has 8 heteroatoms. The summed E-state index contributed by atoms with van der Waals surface area (Å²) in [6.07, 6.45) is 1.28. The maximum absolute atomic E-state index is 13.0. The van der Waals surface area contributed by atoms with E-state index in [4.69, 9.17) is 14.2 Å². The summed E-state index contributed by atoms with van der Waals surface area (Å²) in [5.74, 6) is 1.43. The molecule has 3 heterocycles. The van der Waals surface area contributed by atoms with Crippen molar-refractivity contribution >= 4 is 11.9 Å². The van der Waals surface area contributed by atoms with Crippen molar-refractivity contribution in [1.29, 1.82) is 0 Å². The average molecular weight is 375 g/mol. The third kappa shape index (κ3) is 4.10. The van der Waals surface area contributed by atoms with Gasteiger partial charge < -0.3 is 29.3 Å². The number of urea groups is 1. The molecule has 1 atom stereocenters. The Hall–Kier alpha value is -2.48. The molecule has 0 aromatic heterocycles. The molecule has 0 bridgehead atoms. The van der Waals surface area contributed by atoms with Crippen molar-refractivity contribution in [2.45, 2.75) is 25.5 Å². The van der Waals surface area contributed by atoms with E-state index in [1.165, 1.54) is 0 Å². The standard InChI is InChI=1S/C19H25N3O5/c23-18(16-2-1-9-25-16)22(8-7-21-6-5-20-19(21)24)13-14-3-4-15-17(12-14)27-11-10-26-15/h3-4,12,16H,1-2,5-11,13H2,(H,20,24)/t16-/m0/s1. The molecular formula is C19H25N3O5. The van der Waals surface area contributed by atoms with Gasteiger partial charge in [0.2, 0.25) is 0 Å². The Bertz CT molecular complexity index is 705. The van der Waals surface area contributed by atoms with Gasteiger partial charge in [0, 0.05) is 39.3 Å². The highest BCUT2D eigenvalue weighted by Gasteiger charge is 2.29. The minimum atomic E-state index is -0.380. The molecule has 8 nitrogen and oxygen atoms in total. The maximum atomic E-state index is 13.0. The van der Waals surface area contributed by atoms with Gasteiger partial charge in [-0.05, 0) is 30.5 Å². The van der Waals surface area contributed by atoms with E-state index in [0.29, 0.717) is 58.3 Å². The second-order valence-corrected chi connectivity index (χ2v) is 6.96. The first-order chi connectivity index (χ1) is 13.2. The van der Waals surface area contributed by atoms with E-state index in [-0.39, 0.29) is 18.0 Å². The smallest absolute Gasteiger partial charge is 0.317 e. The second-order valence-electron chi connectivity index (χ2n) is 6.96. The number of hydrogen-bond acceptors (Lipinski definition) is 5. The molecule has 0 unspecified atom stereocenters. The van der Waals surface area contributed by atoms with Gasteiger partial charge >= 0.3 is 6.03 Å². The van der Waals surface area contributed by atoms with Crippen molar-refractivity contribution < 1.29 is 23.8 Å². The summed E-state index contributed by atoms with van der Waals surface area (Å²) >= 11 is 0. The van der Waals surface area contributed by atoms with Crippen molar-refractivity contribution in [3.63, 3.8) is 0 Å². The van der Waals surface area contributed by atoms with Crippen LogP contribution in [0.5, 0.6) is 11.5 Å². The molecule has 3 aliphatic rings. The van der Waals surface area contributed by atoms with Crippen LogP contribution in [0, 0.1) is 0 Å². The summed E-state index contributed by atoms with van der Waals surface area (Å²) in [6, 6.07) is 5.68. The lowest BCUT2D eigenvalue weighted by Gasteiger charge is -2.28. The van der Waals surface area contributed by atoms with Crippen LogP contribution >= 0.6 is 0 Å². The van der Waals surface area contributed by atoms with Crippen LogP contribution in [0.25, 0.3) is 0 Å². The fourth-order valence-electron chi connectivity index (χ4n) is 3.62. The normalized spacial score (nSPS) is 21.3. The first-order valence-electron chi connectivity index (χ1n) is 9.52. The largest absolute Gasteiger partial charge is 0.486 e. The highest BCUT2D eigenvalue weighted by Crippen LogP contribution is 2.31. The van der Waals surface area contributed by atoms with Crippen LogP contribution in [0.2, 0.25) is 0 Å². The van der Waals surface area contributed by atoms with Crippen molar-refractivity contribution in [3.05, 3.63) is 23.8 Å². The molecule has 1 N–H and O–H groups in total. The van der Waals surface area contributed by atoms with Gasteiger partial charge in [0.05, 0.1) is 0 Å². The first-order valence-corrected chi connectivity index (χ1v) is 9.52. The molecule has 3 aliphatic heterocycles. The molecule has 2 saturated heterocycles. The van der Waals surface area contributed by atoms with Gasteiger partial charge in [0.1, 0.15) is 19.3 Å². The van der Waals surface area contributed by atoms with Gasteiger partial charge in [-0.25, -0.2) is 4.79 Å². The number of fused-ring (bicyclic) bond motifs is 1. The van der Waals surface area contributed by atoms with E-state index >= 15 is 0 Å². The third-order valence-electron chi connectivity index (χ3n) is 5.08. The Labute approximate surface area is 158 Å². The van der Waals surface area contributed by atoms with E-state index in [0.717, 1.165) is 24.2 Å². The zero-order valence-electron chi connectivity index (χ0n) is 15.3. The van der Waals surface area contributed by atoms with Crippen LogP contribution in [0.4, 0.5) is 4.79 Å². The van der Waals surface area contributed by atoms with Gasteiger partial charge in [0.25, 0.3) is 5.91 Å². The number of carbonyl (C=O) groups is 2. The van der Waals surface area contributed by atoms with Gasteiger partial charge in [-0.2, -0.15) is 0 Å². The zero-order chi connectivity index (χ0) is 18.6. The topological polar surface area (TPSA) is 80.3 Å². The summed E-state index contributed by atoms with van der Waals surface area (Å²) in [5.41, 5.74) is 0.969. The Balaban J connectivity index is 1.46. The molecule has 2 fully saturated rings. The van der Waals surface area contributed by atoms with Crippen molar-refractivity contribution in [2.24, 2.45) is 0 Å². The lowest BCUT2D eigenvalue weighted by atomic mass is 10.1. The average Bonchev–Trinajstić information content (AvgIpc) is 3.36. The molecule has 1 aromatic rings. The van der Waals surface area contributed by atoms with E-state index in [1.54, 1.807) is 9.80 Å². The van der Waals surface area contributed by atoms with Crippen molar-refractivity contribution in [3.8, 4) is 11.5 Å². The number of nitrogens with one attached hydrogen (secondary N) is 1. The number of amides is 3. The molecular weight excluding hydrogens is 350 g/mol. The predicted molar refractivity (Wildman–Crippen MR) is 96.8 cm³/mol. The number of hydrogen-bond donors (Lipinski definition) is 1. The van der Waals surface area contributed by atoms with Crippen molar-refractivity contribution in [2.75, 3.05) is 46.0 Å². The first kappa shape index (κ1) is 17.9. The summed E-state index contributed by atoms with van der Waals surface area (Å²) < 4.78 is 16.8. The molecule has 4 rings (SSSR count). The minimum Gasteiger partial charge on any atom is -0.486 e. The Morgan fingerprint density at radius 2 is 2.07 bits per heavy atom. The fraction of sp³-hybridized carbons (Fsp3) is 0.579. The second kappa shape index (κ2) is 8.04. The van der Waals surface area contributed by atoms with E-state index < -0.39 is 0 Å². The summed E-state index contributed by atoms with van der Waals surface area (Å²) in [7, 11) is 0. The predicted octanol–water partition coefficient (Wildman–Crippen LogP) is 0.991. The van der Waals surface area contributed by atoms with Crippen LogP contribution < -0.4 is 14.8 Å². The Morgan fingerprint density at radius 3 is 2.81 bits per heavy atom. The molecule has 0 aliphatic carbocycles. The SMILES string of the molecule is O=C1NCCN1CCN(Cc1ccc2c(c1)OCCO2)C(=O)[C@@H]1CCCO1. The molecule has 3 amide bonds. The van der Waals surface area contributed by atoms with Gasteiger partial charge in [0.15, 0.2) is 11.5 Å². The maximum Gasteiger partial charge on any atom is 0.317 e. The molecule has 0 radical (unpaired) electrons. The van der Waals surface area contributed by atoms with E-state index in [9.17, 15) is 9.59 Å². The molecule has 0 spiro atoms. The Kier molecular flexibility index (Phi) is 5.33. The van der Waals surface area contributed by atoms with Crippen LogP contribution in [0.1, 0.15) is 18.4 Å². The molecule has 146 valence electrons. The van der Waals surface area contributed by atoms with E-state index in [1.807, 2.05) is 18.2 Å². The van der Waals surface area contributed by atoms with Crippen molar-refractivity contribution in [1.82, 2.24) is 15.1 Å². The minimum absolute atomic E-state index is 0.0120. The summed E-state index contributed by atoms with van der Waals surface area (Å²) in [6.45, 7) is 4.46. The van der Waals surface area contributed by atoms with Gasteiger partial charge in [-0.1, -0.05) is 6.07 Å². The zero-order valence-corrected chi connectivity index (χ0v) is 15.3. The van der Waals surface area contributed by atoms with Gasteiger partial charge in [-0.3, -0.25) is 4.79 Å². The molecule has 0 saturated carbocycles. The van der Waals surface area contributed by atoms with Crippen LogP contribution in [-0.4, -0.2) is 73.8 Å². The quantitative estimate of drug-likeness (QED) is 0.802. The summed E-state index contributed by atoms with van der Waals surface area (Å²) in [4.78, 5) is 28.3. The van der Waals surface area contributed by atoms with E-state index in [2.05, 4.69) is 5.32 Å². The van der Waals surface area contributed by atoms with Crippen LogP contribution in [0.15, 0.2) is 18.2 Å². The lowest BCUT2D eigenvalue weighted by Crippen LogP contribution is -2.43. The highest BCUT2D eigenvalue weighted by atomic mass is 16.6. The number of nitrogens with zero attached hydrogens (tertiary/aromatic N) is 2. The molecule has 27 heavy (non-hydrogen) atoms. The fourth-order valence-corrected chi connectivity index (χ4v) is 3.62. The monoisotopic (exact) mass is 375 g/mol. The van der Waals surface area contributed by atoms with Crippen LogP contribution in [-0.2, 0) is 16.1 Å². The molecule has 1 aromatic carbocycles. The highest BCUT2D eigenvalue weighted by molar-refractivity contribution is 5.81.